The first-order valence-corrected chi connectivity index (χ1v) is 9.83. The molecule has 0 fully saturated rings. The molecule has 0 saturated carbocycles. The largest absolute Gasteiger partial charge is 0.497 e. The Bertz CT molecular complexity index is 1000. The number of dihydropyridines is 1. The van der Waals surface area contributed by atoms with Crippen LogP contribution in [0.1, 0.15) is 37.7 Å². The van der Waals surface area contributed by atoms with Gasteiger partial charge in [0.1, 0.15) is 5.75 Å². The van der Waals surface area contributed by atoms with Gasteiger partial charge in [0.15, 0.2) is 5.78 Å². The Kier molecular flexibility index (Phi) is 5.21. The summed E-state index contributed by atoms with van der Waals surface area (Å²) < 4.78 is 5.28. The molecule has 0 aromatic heterocycles. The number of ether oxygens (including phenoxy) is 1. The van der Waals surface area contributed by atoms with Gasteiger partial charge in [0.2, 0.25) is 0 Å². The summed E-state index contributed by atoms with van der Waals surface area (Å²) in [7, 11) is 1.62. The van der Waals surface area contributed by atoms with Crippen molar-refractivity contribution in [2.75, 3.05) is 12.4 Å². The second kappa shape index (κ2) is 7.95. The van der Waals surface area contributed by atoms with Crippen LogP contribution in [-0.4, -0.2) is 18.8 Å². The molecule has 0 spiro atoms. The van der Waals surface area contributed by atoms with Crippen LogP contribution in [0.3, 0.4) is 0 Å². The molecular formula is C24H24N2O3. The molecular weight excluding hydrogens is 364 g/mol. The van der Waals surface area contributed by atoms with Crippen molar-refractivity contribution < 1.29 is 14.3 Å². The Morgan fingerprint density at radius 2 is 1.79 bits per heavy atom. The van der Waals surface area contributed by atoms with Gasteiger partial charge in [0.25, 0.3) is 5.91 Å². The zero-order valence-electron chi connectivity index (χ0n) is 16.6. The molecule has 148 valence electrons. The normalized spacial score (nSPS) is 18.8. The summed E-state index contributed by atoms with van der Waals surface area (Å²) in [4.78, 5) is 26.2. The number of anilines is 1. The number of benzene rings is 2. The summed E-state index contributed by atoms with van der Waals surface area (Å²) >= 11 is 0. The van der Waals surface area contributed by atoms with E-state index in [1.165, 1.54) is 0 Å². The fourth-order valence-electron chi connectivity index (χ4n) is 4.13. The van der Waals surface area contributed by atoms with Gasteiger partial charge in [0, 0.05) is 40.6 Å². The average Bonchev–Trinajstić information content (AvgIpc) is 2.73. The molecule has 2 N–H and O–H groups in total. The van der Waals surface area contributed by atoms with Crippen LogP contribution in [0.2, 0.25) is 0 Å². The first-order chi connectivity index (χ1) is 14.1. The fraction of sp³-hybridized carbons (Fsp3) is 0.250. The third-order valence-corrected chi connectivity index (χ3v) is 5.50. The van der Waals surface area contributed by atoms with Gasteiger partial charge in [-0.25, -0.2) is 0 Å². The van der Waals surface area contributed by atoms with Crippen molar-refractivity contribution in [1.29, 1.82) is 0 Å². The highest BCUT2D eigenvalue weighted by atomic mass is 16.5. The van der Waals surface area contributed by atoms with Gasteiger partial charge < -0.3 is 15.4 Å². The molecule has 2 aromatic rings. The summed E-state index contributed by atoms with van der Waals surface area (Å²) in [5.74, 6) is 0.250. The fourth-order valence-corrected chi connectivity index (χ4v) is 4.13. The van der Waals surface area contributed by atoms with E-state index in [0.717, 1.165) is 41.2 Å². The number of Topliss-reactive ketones (excluding diaryl/α,β-unsaturated/α-hetero) is 1. The zero-order valence-corrected chi connectivity index (χ0v) is 16.6. The van der Waals surface area contributed by atoms with E-state index in [1.54, 1.807) is 7.11 Å². The average molecular weight is 388 g/mol. The number of ketones is 1. The van der Waals surface area contributed by atoms with E-state index in [2.05, 4.69) is 10.6 Å². The topological polar surface area (TPSA) is 67.4 Å². The first kappa shape index (κ1) is 19.0. The molecule has 1 aliphatic heterocycles. The van der Waals surface area contributed by atoms with Crippen LogP contribution < -0.4 is 15.4 Å². The van der Waals surface area contributed by atoms with Crippen LogP contribution in [-0.2, 0) is 9.59 Å². The molecule has 2 aromatic carbocycles. The highest BCUT2D eigenvalue weighted by Gasteiger charge is 2.38. The number of hydrogen-bond acceptors (Lipinski definition) is 4. The molecule has 1 heterocycles. The molecule has 4 rings (SSSR count). The lowest BCUT2D eigenvalue weighted by atomic mass is 9.75. The van der Waals surface area contributed by atoms with Gasteiger partial charge in [-0.3, -0.25) is 9.59 Å². The van der Waals surface area contributed by atoms with Crippen LogP contribution in [0, 0.1) is 0 Å². The number of para-hydroxylation sites is 1. The number of carbonyl (C=O) groups excluding carboxylic acids is 2. The standard InChI is InChI=1S/C24H24N2O3/c1-15-21(24(28)26-17-7-4-3-5-8-17)22(16-11-13-18(29-2)14-12-16)23-19(25-15)9-6-10-20(23)27/h3-5,7-8,11-14,22,25H,6,9-10H2,1-2H3,(H,26,28). The maximum absolute atomic E-state index is 13.3. The summed E-state index contributed by atoms with van der Waals surface area (Å²) in [6, 6.07) is 17.0. The zero-order chi connectivity index (χ0) is 20.4. The lowest BCUT2D eigenvalue weighted by Crippen LogP contribution is -2.35. The molecule has 1 amide bonds. The second-order valence-electron chi connectivity index (χ2n) is 7.36. The van der Waals surface area contributed by atoms with Gasteiger partial charge >= 0.3 is 0 Å². The summed E-state index contributed by atoms with van der Waals surface area (Å²) in [5.41, 5.74) is 4.65. The number of methoxy groups -OCH3 is 1. The molecule has 5 nitrogen and oxygen atoms in total. The number of amides is 1. The van der Waals surface area contributed by atoms with Gasteiger partial charge in [-0.2, -0.15) is 0 Å². The summed E-state index contributed by atoms with van der Waals surface area (Å²) in [6.07, 6.45) is 2.16. The number of allylic oxidation sites excluding steroid dienone is 3. The molecule has 2 aliphatic rings. The van der Waals surface area contributed by atoms with E-state index in [1.807, 2.05) is 61.5 Å². The molecule has 0 saturated heterocycles. The van der Waals surface area contributed by atoms with Gasteiger partial charge in [-0.1, -0.05) is 30.3 Å². The second-order valence-corrected chi connectivity index (χ2v) is 7.36. The van der Waals surface area contributed by atoms with Crippen molar-refractivity contribution >= 4 is 17.4 Å². The van der Waals surface area contributed by atoms with Gasteiger partial charge in [0.05, 0.1) is 7.11 Å². The van der Waals surface area contributed by atoms with Gasteiger partial charge in [-0.05, 0) is 49.6 Å². The summed E-state index contributed by atoms with van der Waals surface area (Å²) in [5, 5.41) is 6.32. The Balaban J connectivity index is 1.78. The maximum Gasteiger partial charge on any atom is 0.254 e. The number of hydrogen-bond donors (Lipinski definition) is 2. The van der Waals surface area contributed by atoms with Crippen LogP contribution in [0.5, 0.6) is 5.75 Å². The maximum atomic E-state index is 13.3. The van der Waals surface area contributed by atoms with Crippen LogP contribution in [0.4, 0.5) is 5.69 Å². The lowest BCUT2D eigenvalue weighted by molar-refractivity contribution is -0.116. The molecule has 0 radical (unpaired) electrons. The summed E-state index contributed by atoms with van der Waals surface area (Å²) in [6.45, 7) is 1.90. The van der Waals surface area contributed by atoms with Crippen molar-refractivity contribution in [3.05, 3.63) is 82.7 Å². The number of rotatable bonds is 4. The number of carbonyl (C=O) groups is 2. The van der Waals surface area contributed by atoms with Crippen LogP contribution >= 0.6 is 0 Å². The van der Waals surface area contributed by atoms with Crippen LogP contribution in [0.25, 0.3) is 0 Å². The SMILES string of the molecule is COc1ccc(C2C(C(=O)Nc3ccccc3)=C(C)NC3=C2C(=O)CCC3)cc1. The Labute approximate surface area is 170 Å². The Morgan fingerprint density at radius 1 is 1.07 bits per heavy atom. The van der Waals surface area contributed by atoms with Crippen molar-refractivity contribution in [3.63, 3.8) is 0 Å². The highest BCUT2D eigenvalue weighted by molar-refractivity contribution is 6.09. The van der Waals surface area contributed by atoms with Crippen molar-refractivity contribution in [3.8, 4) is 5.75 Å². The Hall–Kier alpha value is -3.34. The van der Waals surface area contributed by atoms with Crippen molar-refractivity contribution in [1.82, 2.24) is 5.32 Å². The Morgan fingerprint density at radius 3 is 2.48 bits per heavy atom. The van der Waals surface area contributed by atoms with Crippen molar-refractivity contribution in [2.24, 2.45) is 0 Å². The molecule has 1 atom stereocenters. The third kappa shape index (κ3) is 3.68. The highest BCUT2D eigenvalue weighted by Crippen LogP contribution is 2.42. The minimum atomic E-state index is -0.395. The minimum absolute atomic E-state index is 0.108. The molecule has 29 heavy (non-hydrogen) atoms. The van der Waals surface area contributed by atoms with E-state index < -0.39 is 5.92 Å². The van der Waals surface area contributed by atoms with E-state index in [-0.39, 0.29) is 11.7 Å². The quantitative estimate of drug-likeness (QED) is 0.819. The smallest absolute Gasteiger partial charge is 0.254 e. The molecule has 1 aliphatic carbocycles. The van der Waals surface area contributed by atoms with E-state index in [4.69, 9.17) is 4.74 Å². The lowest BCUT2D eigenvalue weighted by Gasteiger charge is -2.34. The van der Waals surface area contributed by atoms with E-state index in [9.17, 15) is 9.59 Å². The molecule has 5 heteroatoms. The minimum Gasteiger partial charge on any atom is -0.497 e. The first-order valence-electron chi connectivity index (χ1n) is 9.83. The number of nitrogens with one attached hydrogen (secondary N) is 2. The monoisotopic (exact) mass is 388 g/mol. The predicted octanol–water partition coefficient (Wildman–Crippen LogP) is 4.30. The van der Waals surface area contributed by atoms with Crippen LogP contribution in [0.15, 0.2) is 77.1 Å². The van der Waals surface area contributed by atoms with Crippen molar-refractivity contribution in [2.45, 2.75) is 32.1 Å². The van der Waals surface area contributed by atoms with E-state index in [0.29, 0.717) is 17.6 Å². The molecule has 0 bridgehead atoms. The van der Waals surface area contributed by atoms with E-state index >= 15 is 0 Å². The molecule has 1 unspecified atom stereocenters. The van der Waals surface area contributed by atoms with Gasteiger partial charge in [-0.15, -0.1) is 0 Å². The third-order valence-electron chi connectivity index (χ3n) is 5.50. The predicted molar refractivity (Wildman–Crippen MR) is 113 cm³/mol.